The van der Waals surface area contributed by atoms with Gasteiger partial charge in [-0.15, -0.1) is 0 Å². The van der Waals surface area contributed by atoms with Gasteiger partial charge in [0.2, 0.25) is 0 Å². The lowest BCUT2D eigenvalue weighted by Gasteiger charge is -2.26. The zero-order valence-corrected chi connectivity index (χ0v) is 23.3. The second kappa shape index (κ2) is 9.86. The molecule has 0 aliphatic carbocycles. The fraction of sp³-hybridized carbons (Fsp3) is 0.303. The number of ketones is 1. The molecule has 3 nitrogen and oxygen atoms in total. The number of carbonyl (C=O) groups excluding carboxylic acids is 1. The molecule has 4 rings (SSSR count). The van der Waals surface area contributed by atoms with Crippen molar-refractivity contribution in [2.24, 2.45) is 0 Å². The Labute approximate surface area is 224 Å². The molecule has 0 bridgehead atoms. The van der Waals surface area contributed by atoms with Gasteiger partial charge in [-0.05, 0) is 88.9 Å². The van der Waals surface area contributed by atoms with Crippen molar-refractivity contribution in [2.45, 2.75) is 66.2 Å². The summed E-state index contributed by atoms with van der Waals surface area (Å²) in [6.45, 7) is 15.7. The number of aromatic nitrogens is 2. The van der Waals surface area contributed by atoms with Gasteiger partial charge in [-0.1, -0.05) is 53.7 Å². The molecule has 5 heteroatoms. The molecule has 0 fully saturated rings. The maximum absolute atomic E-state index is 15.6. The summed E-state index contributed by atoms with van der Waals surface area (Å²) >= 11 is 0. The second-order valence-corrected chi connectivity index (χ2v) is 11.9. The molecule has 2 aromatic heterocycles. The normalized spacial score (nSPS) is 12.1. The fourth-order valence-corrected chi connectivity index (χ4v) is 4.65. The maximum atomic E-state index is 15.6. The Morgan fingerprint density at radius 2 is 1.47 bits per heavy atom. The van der Waals surface area contributed by atoms with Crippen LogP contribution in [0.2, 0.25) is 0 Å². The first-order valence-electron chi connectivity index (χ1n) is 12.8. The Hall–Kier alpha value is -3.73. The average Bonchev–Trinajstić information content (AvgIpc) is 2.84. The molecule has 0 aliphatic heterocycles. The summed E-state index contributed by atoms with van der Waals surface area (Å²) in [4.78, 5) is 21.7. The number of halogens is 2. The van der Waals surface area contributed by atoms with Gasteiger partial charge in [0.05, 0.1) is 11.9 Å². The molecule has 2 heterocycles. The molecule has 38 heavy (non-hydrogen) atoms. The van der Waals surface area contributed by atoms with E-state index in [4.69, 9.17) is 0 Å². The number of hydrogen-bond acceptors (Lipinski definition) is 3. The Balaban J connectivity index is 2.16. The van der Waals surface area contributed by atoms with Gasteiger partial charge >= 0.3 is 0 Å². The van der Waals surface area contributed by atoms with Gasteiger partial charge < -0.3 is 0 Å². The highest BCUT2D eigenvalue weighted by atomic mass is 19.1. The minimum Gasteiger partial charge on any atom is -0.295 e. The van der Waals surface area contributed by atoms with Crippen LogP contribution < -0.4 is 0 Å². The van der Waals surface area contributed by atoms with Gasteiger partial charge in [-0.2, -0.15) is 0 Å². The van der Waals surface area contributed by atoms with E-state index >= 15 is 4.39 Å². The van der Waals surface area contributed by atoms with Crippen LogP contribution in [-0.2, 0) is 10.8 Å². The number of rotatable bonds is 4. The highest BCUT2D eigenvalue weighted by Crippen LogP contribution is 2.43. The summed E-state index contributed by atoms with van der Waals surface area (Å²) in [5.74, 6) is -0.910. The van der Waals surface area contributed by atoms with Crippen LogP contribution in [0.1, 0.15) is 75.5 Å². The van der Waals surface area contributed by atoms with Crippen molar-refractivity contribution in [1.29, 1.82) is 0 Å². The standard InChI is InChI=1S/C33H34F2N2O/c1-19-13-14-36-31(30(19)35)27-17-28(33(6,7)8)24(20(2)38)16-25(27)23-11-9-21(32(3,4)5)15-26(23)29-12-10-22(34)18-37-29/h9-18H,1-8H3. The minimum absolute atomic E-state index is 0.0758. The SMILES string of the molecule is CC(=O)c1cc(-c2ccc(C(C)(C)C)cc2-c2ccc(F)cn2)c(-c2nccc(C)c2F)cc1C(C)(C)C. The molecule has 0 atom stereocenters. The van der Waals surface area contributed by atoms with Crippen LogP contribution in [0.15, 0.2) is 60.9 Å². The smallest absolute Gasteiger partial charge is 0.160 e. The molecule has 0 N–H and O–H groups in total. The molecular formula is C33H34F2N2O. The van der Waals surface area contributed by atoms with E-state index in [-0.39, 0.29) is 22.3 Å². The van der Waals surface area contributed by atoms with Crippen LogP contribution in [0, 0.1) is 18.6 Å². The molecule has 0 radical (unpaired) electrons. The van der Waals surface area contributed by atoms with Crippen molar-refractivity contribution < 1.29 is 13.6 Å². The summed E-state index contributed by atoms with van der Waals surface area (Å²) in [7, 11) is 0. The highest BCUT2D eigenvalue weighted by molar-refractivity contribution is 6.01. The number of benzene rings is 2. The molecule has 0 saturated carbocycles. The molecule has 0 spiro atoms. The van der Waals surface area contributed by atoms with Gasteiger partial charge in [0.1, 0.15) is 11.5 Å². The monoisotopic (exact) mass is 512 g/mol. The Morgan fingerprint density at radius 3 is 2.05 bits per heavy atom. The predicted molar refractivity (Wildman–Crippen MR) is 150 cm³/mol. The fourth-order valence-electron chi connectivity index (χ4n) is 4.65. The lowest BCUT2D eigenvalue weighted by Crippen LogP contribution is -2.17. The molecule has 196 valence electrons. The van der Waals surface area contributed by atoms with Crippen LogP contribution in [0.25, 0.3) is 33.6 Å². The van der Waals surface area contributed by atoms with Crippen molar-refractivity contribution in [3.63, 3.8) is 0 Å². The highest BCUT2D eigenvalue weighted by Gasteiger charge is 2.27. The average molecular weight is 513 g/mol. The number of aryl methyl sites for hydroxylation is 1. The van der Waals surface area contributed by atoms with Crippen molar-refractivity contribution in [3.8, 4) is 33.6 Å². The second-order valence-electron chi connectivity index (χ2n) is 11.9. The van der Waals surface area contributed by atoms with E-state index in [0.717, 1.165) is 22.3 Å². The molecule has 0 unspecified atom stereocenters. The lowest BCUT2D eigenvalue weighted by atomic mass is 9.78. The van der Waals surface area contributed by atoms with Crippen molar-refractivity contribution in [2.75, 3.05) is 0 Å². The first-order valence-corrected chi connectivity index (χ1v) is 12.8. The van der Waals surface area contributed by atoms with Gasteiger partial charge in [0.25, 0.3) is 0 Å². The quantitative estimate of drug-likeness (QED) is 0.257. The summed E-state index contributed by atoms with van der Waals surface area (Å²) < 4.78 is 29.4. The molecule has 4 aromatic rings. The minimum atomic E-state index is -0.428. The van der Waals surface area contributed by atoms with E-state index in [1.54, 1.807) is 32.2 Å². The number of pyridine rings is 2. The number of Topliss-reactive ketones (excluding diaryl/α,β-unsaturated/α-hetero) is 1. The summed E-state index contributed by atoms with van der Waals surface area (Å²) in [5, 5.41) is 0. The van der Waals surface area contributed by atoms with Gasteiger partial charge in [-0.25, -0.2) is 8.78 Å². The van der Waals surface area contributed by atoms with Crippen LogP contribution in [0.3, 0.4) is 0 Å². The largest absolute Gasteiger partial charge is 0.295 e. The first kappa shape index (κ1) is 27.3. The third-order valence-electron chi connectivity index (χ3n) is 6.86. The Morgan fingerprint density at radius 1 is 0.763 bits per heavy atom. The molecule has 0 saturated heterocycles. The zero-order valence-electron chi connectivity index (χ0n) is 23.3. The molecule has 0 aliphatic rings. The summed E-state index contributed by atoms with van der Waals surface area (Å²) in [6.07, 6.45) is 2.79. The topological polar surface area (TPSA) is 42.9 Å². The molecule has 0 amide bonds. The van der Waals surface area contributed by atoms with E-state index in [0.29, 0.717) is 27.9 Å². The number of hydrogen-bond donors (Lipinski definition) is 0. The van der Waals surface area contributed by atoms with E-state index < -0.39 is 11.6 Å². The number of nitrogens with zero attached hydrogens (tertiary/aromatic N) is 2. The number of carbonyl (C=O) groups is 1. The van der Waals surface area contributed by atoms with Crippen LogP contribution in [0.4, 0.5) is 8.78 Å². The van der Waals surface area contributed by atoms with Crippen molar-refractivity contribution in [3.05, 3.63) is 94.8 Å². The third-order valence-corrected chi connectivity index (χ3v) is 6.86. The Kier molecular flexibility index (Phi) is 7.09. The van der Waals surface area contributed by atoms with Crippen LogP contribution in [-0.4, -0.2) is 15.8 Å². The van der Waals surface area contributed by atoms with E-state index in [1.807, 2.05) is 51.1 Å². The predicted octanol–water partition coefficient (Wildman–Crippen LogP) is 8.86. The van der Waals surface area contributed by atoms with Crippen LogP contribution >= 0.6 is 0 Å². The lowest BCUT2D eigenvalue weighted by molar-refractivity contribution is 0.101. The van der Waals surface area contributed by atoms with E-state index in [1.165, 1.54) is 12.3 Å². The molecular weight excluding hydrogens is 478 g/mol. The summed E-state index contributed by atoms with van der Waals surface area (Å²) in [6, 6.07) is 14.5. The van der Waals surface area contributed by atoms with Gasteiger partial charge in [0, 0.05) is 22.9 Å². The maximum Gasteiger partial charge on any atom is 0.160 e. The van der Waals surface area contributed by atoms with Crippen molar-refractivity contribution in [1.82, 2.24) is 9.97 Å². The first-order chi connectivity index (χ1) is 17.7. The third kappa shape index (κ3) is 5.28. The van der Waals surface area contributed by atoms with E-state index in [2.05, 4.69) is 30.7 Å². The zero-order chi connectivity index (χ0) is 28.0. The molecule has 2 aromatic carbocycles. The van der Waals surface area contributed by atoms with E-state index in [9.17, 15) is 9.18 Å². The van der Waals surface area contributed by atoms with Gasteiger partial charge in [-0.3, -0.25) is 14.8 Å². The van der Waals surface area contributed by atoms with Crippen LogP contribution in [0.5, 0.6) is 0 Å². The van der Waals surface area contributed by atoms with Gasteiger partial charge in [0.15, 0.2) is 11.6 Å². The Bertz CT molecular complexity index is 1520. The summed E-state index contributed by atoms with van der Waals surface area (Å²) in [5.41, 5.74) is 6.02. The van der Waals surface area contributed by atoms with Crippen molar-refractivity contribution >= 4 is 5.78 Å².